The SMILES string of the molecule is CC(C)c1noc(CCC(=O)N(C)CC2CCCCC2O)n1. The van der Waals surface area contributed by atoms with Gasteiger partial charge in [0, 0.05) is 38.3 Å². The largest absolute Gasteiger partial charge is 0.393 e. The van der Waals surface area contributed by atoms with Gasteiger partial charge in [-0.25, -0.2) is 0 Å². The van der Waals surface area contributed by atoms with E-state index in [4.69, 9.17) is 4.52 Å². The number of hydrogen-bond donors (Lipinski definition) is 1. The molecule has 0 radical (unpaired) electrons. The van der Waals surface area contributed by atoms with Gasteiger partial charge in [0.2, 0.25) is 11.8 Å². The molecule has 2 atom stereocenters. The van der Waals surface area contributed by atoms with E-state index >= 15 is 0 Å². The summed E-state index contributed by atoms with van der Waals surface area (Å²) in [6.07, 6.45) is 4.64. The molecule has 1 saturated carbocycles. The maximum atomic E-state index is 12.2. The molecule has 1 aliphatic rings. The molecule has 1 aliphatic carbocycles. The maximum Gasteiger partial charge on any atom is 0.227 e. The van der Waals surface area contributed by atoms with Crippen molar-refractivity contribution in [1.29, 1.82) is 0 Å². The van der Waals surface area contributed by atoms with Crippen molar-refractivity contribution in [3.63, 3.8) is 0 Å². The third kappa shape index (κ3) is 4.53. The molecule has 6 nitrogen and oxygen atoms in total. The molecule has 0 bridgehead atoms. The quantitative estimate of drug-likeness (QED) is 0.871. The van der Waals surface area contributed by atoms with Crippen molar-refractivity contribution in [3.05, 3.63) is 11.7 Å². The highest BCUT2D eigenvalue weighted by atomic mass is 16.5. The standard InChI is InChI=1S/C16H27N3O3/c1-11(2)16-17-14(22-18-16)8-9-15(21)19(3)10-12-6-4-5-7-13(12)20/h11-13,20H,4-10H2,1-3H3. The minimum atomic E-state index is -0.270. The highest BCUT2D eigenvalue weighted by Crippen LogP contribution is 2.25. The first-order valence-electron chi connectivity index (χ1n) is 8.22. The Hall–Kier alpha value is -1.43. The van der Waals surface area contributed by atoms with Crippen molar-refractivity contribution in [3.8, 4) is 0 Å². The summed E-state index contributed by atoms with van der Waals surface area (Å²) in [5.74, 6) is 1.69. The van der Waals surface area contributed by atoms with E-state index in [0.717, 1.165) is 25.7 Å². The normalized spacial score (nSPS) is 22.0. The van der Waals surface area contributed by atoms with E-state index in [1.54, 1.807) is 11.9 Å². The van der Waals surface area contributed by atoms with Crippen molar-refractivity contribution in [2.24, 2.45) is 5.92 Å². The van der Waals surface area contributed by atoms with Crippen LogP contribution >= 0.6 is 0 Å². The average molecular weight is 309 g/mol. The molecule has 124 valence electrons. The molecule has 0 saturated heterocycles. The fourth-order valence-electron chi connectivity index (χ4n) is 2.86. The van der Waals surface area contributed by atoms with Crippen LogP contribution in [0.15, 0.2) is 4.52 Å². The second-order valence-electron chi connectivity index (χ2n) is 6.59. The van der Waals surface area contributed by atoms with Crippen LogP contribution in [0.25, 0.3) is 0 Å². The summed E-state index contributed by atoms with van der Waals surface area (Å²) in [5, 5.41) is 13.9. The number of aromatic nitrogens is 2. The van der Waals surface area contributed by atoms with E-state index in [-0.39, 0.29) is 23.8 Å². The zero-order valence-electron chi connectivity index (χ0n) is 13.8. The predicted octanol–water partition coefficient (Wildman–Crippen LogP) is 2.14. The Kier molecular flexibility index (Phi) is 5.94. The summed E-state index contributed by atoms with van der Waals surface area (Å²) >= 11 is 0. The van der Waals surface area contributed by atoms with Gasteiger partial charge in [-0.15, -0.1) is 0 Å². The molecular weight excluding hydrogens is 282 g/mol. The summed E-state index contributed by atoms with van der Waals surface area (Å²) in [6.45, 7) is 4.63. The van der Waals surface area contributed by atoms with Crippen LogP contribution in [0.4, 0.5) is 0 Å². The first-order chi connectivity index (χ1) is 10.5. The molecule has 1 aromatic heterocycles. The molecule has 22 heavy (non-hydrogen) atoms. The Morgan fingerprint density at radius 1 is 1.41 bits per heavy atom. The summed E-state index contributed by atoms with van der Waals surface area (Å²) in [6, 6.07) is 0. The van der Waals surface area contributed by atoms with Crippen LogP contribution in [0.1, 0.15) is 63.6 Å². The van der Waals surface area contributed by atoms with Gasteiger partial charge in [-0.1, -0.05) is 31.8 Å². The number of amides is 1. The Morgan fingerprint density at radius 2 is 2.14 bits per heavy atom. The molecule has 2 unspecified atom stereocenters. The lowest BCUT2D eigenvalue weighted by molar-refractivity contribution is -0.131. The predicted molar refractivity (Wildman–Crippen MR) is 82.3 cm³/mol. The molecule has 0 aliphatic heterocycles. The van der Waals surface area contributed by atoms with E-state index in [2.05, 4.69) is 10.1 Å². The smallest absolute Gasteiger partial charge is 0.227 e. The van der Waals surface area contributed by atoms with Crippen LogP contribution in [-0.4, -0.2) is 45.8 Å². The molecule has 1 fully saturated rings. The second kappa shape index (κ2) is 7.72. The van der Waals surface area contributed by atoms with Gasteiger partial charge in [-0.05, 0) is 12.8 Å². The van der Waals surface area contributed by atoms with Crippen LogP contribution in [0.2, 0.25) is 0 Å². The van der Waals surface area contributed by atoms with E-state index in [9.17, 15) is 9.90 Å². The average Bonchev–Trinajstić information content (AvgIpc) is 2.96. The number of aliphatic hydroxyl groups is 1. The topological polar surface area (TPSA) is 79.5 Å². The van der Waals surface area contributed by atoms with Gasteiger partial charge < -0.3 is 14.5 Å². The minimum Gasteiger partial charge on any atom is -0.393 e. The Bertz CT molecular complexity index is 487. The molecule has 0 aromatic carbocycles. The summed E-state index contributed by atoms with van der Waals surface area (Å²) in [5.41, 5.74) is 0. The van der Waals surface area contributed by atoms with Crippen molar-refractivity contribution < 1.29 is 14.4 Å². The van der Waals surface area contributed by atoms with Gasteiger partial charge in [0.1, 0.15) is 0 Å². The monoisotopic (exact) mass is 309 g/mol. The molecule has 2 rings (SSSR count). The molecule has 1 heterocycles. The molecule has 6 heteroatoms. The van der Waals surface area contributed by atoms with Crippen LogP contribution in [0, 0.1) is 5.92 Å². The zero-order chi connectivity index (χ0) is 16.1. The van der Waals surface area contributed by atoms with Gasteiger partial charge in [0.05, 0.1) is 6.10 Å². The highest BCUT2D eigenvalue weighted by Gasteiger charge is 2.25. The number of aryl methyl sites for hydroxylation is 1. The highest BCUT2D eigenvalue weighted by molar-refractivity contribution is 5.76. The Labute approximate surface area is 131 Å². The van der Waals surface area contributed by atoms with Gasteiger partial charge in [-0.3, -0.25) is 4.79 Å². The number of hydrogen-bond acceptors (Lipinski definition) is 5. The van der Waals surface area contributed by atoms with Crippen molar-refractivity contribution in [1.82, 2.24) is 15.0 Å². The van der Waals surface area contributed by atoms with Crippen LogP contribution in [0.3, 0.4) is 0 Å². The van der Waals surface area contributed by atoms with Crippen molar-refractivity contribution in [2.45, 2.75) is 64.4 Å². The molecule has 1 N–H and O–H groups in total. The van der Waals surface area contributed by atoms with E-state index in [0.29, 0.717) is 31.1 Å². The molecule has 1 aromatic rings. The molecule has 1 amide bonds. The number of aliphatic hydroxyl groups excluding tert-OH is 1. The number of carbonyl (C=O) groups is 1. The molecular formula is C16H27N3O3. The second-order valence-corrected chi connectivity index (χ2v) is 6.59. The third-order valence-corrected chi connectivity index (χ3v) is 4.36. The van der Waals surface area contributed by atoms with Gasteiger partial charge in [0.25, 0.3) is 0 Å². The summed E-state index contributed by atoms with van der Waals surface area (Å²) in [4.78, 5) is 18.2. The van der Waals surface area contributed by atoms with E-state index in [1.807, 2.05) is 13.8 Å². The summed E-state index contributed by atoms with van der Waals surface area (Å²) in [7, 11) is 1.80. The zero-order valence-corrected chi connectivity index (χ0v) is 13.8. The van der Waals surface area contributed by atoms with Gasteiger partial charge in [0.15, 0.2) is 5.82 Å². The fourth-order valence-corrected chi connectivity index (χ4v) is 2.86. The number of nitrogens with zero attached hydrogens (tertiary/aromatic N) is 3. The molecule has 0 spiro atoms. The third-order valence-electron chi connectivity index (χ3n) is 4.36. The van der Waals surface area contributed by atoms with Crippen LogP contribution in [0.5, 0.6) is 0 Å². The minimum absolute atomic E-state index is 0.0575. The lowest BCUT2D eigenvalue weighted by atomic mass is 9.86. The van der Waals surface area contributed by atoms with E-state index < -0.39 is 0 Å². The van der Waals surface area contributed by atoms with Crippen LogP contribution in [-0.2, 0) is 11.2 Å². The number of rotatable bonds is 6. The van der Waals surface area contributed by atoms with Crippen molar-refractivity contribution >= 4 is 5.91 Å². The lowest BCUT2D eigenvalue weighted by Crippen LogP contribution is -2.38. The first-order valence-corrected chi connectivity index (χ1v) is 8.22. The maximum absolute atomic E-state index is 12.2. The van der Waals surface area contributed by atoms with Crippen molar-refractivity contribution in [2.75, 3.05) is 13.6 Å². The van der Waals surface area contributed by atoms with Gasteiger partial charge >= 0.3 is 0 Å². The fraction of sp³-hybridized carbons (Fsp3) is 0.812. The van der Waals surface area contributed by atoms with Crippen LogP contribution < -0.4 is 0 Å². The van der Waals surface area contributed by atoms with Gasteiger partial charge in [-0.2, -0.15) is 4.98 Å². The van der Waals surface area contributed by atoms with E-state index in [1.165, 1.54) is 0 Å². The Balaban J connectivity index is 1.78. The first kappa shape index (κ1) is 16.9. The number of carbonyl (C=O) groups excluding carboxylic acids is 1. The lowest BCUT2D eigenvalue weighted by Gasteiger charge is -2.31. The summed E-state index contributed by atoms with van der Waals surface area (Å²) < 4.78 is 5.15. The Morgan fingerprint density at radius 3 is 2.77 bits per heavy atom.